The highest BCUT2D eigenvalue weighted by atomic mass is 32.1. The highest BCUT2D eigenvalue weighted by Gasteiger charge is 2.53. The first-order chi connectivity index (χ1) is 10.7. The van der Waals surface area contributed by atoms with Crippen LogP contribution in [0, 0.1) is 11.8 Å². The van der Waals surface area contributed by atoms with Crippen LogP contribution < -0.4 is 5.32 Å². The molecule has 0 spiro atoms. The molecular weight excluding hydrogens is 337 g/mol. The summed E-state index contributed by atoms with van der Waals surface area (Å²) in [6, 6.07) is -0.804. The molecule has 1 aliphatic heterocycles. The van der Waals surface area contributed by atoms with Gasteiger partial charge in [0.2, 0.25) is 5.13 Å². The van der Waals surface area contributed by atoms with Crippen molar-refractivity contribution in [1.29, 1.82) is 0 Å². The maximum atomic E-state index is 12.9. The lowest BCUT2D eigenvalue weighted by atomic mass is 9.96. The molecule has 0 aromatic carbocycles. The van der Waals surface area contributed by atoms with E-state index in [4.69, 9.17) is 5.11 Å². The van der Waals surface area contributed by atoms with Crippen LogP contribution in [0.5, 0.6) is 0 Å². The van der Waals surface area contributed by atoms with E-state index >= 15 is 0 Å². The number of likely N-dealkylation sites (tertiary alicyclic amines) is 1. The van der Waals surface area contributed by atoms with E-state index in [-0.39, 0.29) is 5.13 Å². The Hall–Kier alpha value is -1.91. The molecule has 0 saturated carbocycles. The van der Waals surface area contributed by atoms with E-state index in [1.807, 2.05) is 6.92 Å². The SMILES string of the molecule is CCCc1nnc(NC(=O)N2C[C@@H](C(F)(F)F)[C@H](C(=O)O)C2)s1. The summed E-state index contributed by atoms with van der Waals surface area (Å²) in [5.41, 5.74) is 0. The second-order valence-corrected chi connectivity index (χ2v) is 6.24. The molecule has 1 aliphatic rings. The first-order valence-corrected chi connectivity index (χ1v) is 7.71. The van der Waals surface area contributed by atoms with Crippen molar-refractivity contribution in [2.24, 2.45) is 11.8 Å². The van der Waals surface area contributed by atoms with Crippen LogP contribution in [0.3, 0.4) is 0 Å². The monoisotopic (exact) mass is 352 g/mol. The van der Waals surface area contributed by atoms with Crippen LogP contribution in [0.1, 0.15) is 18.4 Å². The average Bonchev–Trinajstić information content (AvgIpc) is 3.05. The molecule has 128 valence electrons. The fourth-order valence-electron chi connectivity index (χ4n) is 2.34. The number of carboxylic acids is 1. The van der Waals surface area contributed by atoms with Crippen molar-refractivity contribution < 1.29 is 27.9 Å². The van der Waals surface area contributed by atoms with Crippen molar-refractivity contribution in [3.8, 4) is 0 Å². The predicted molar refractivity (Wildman–Crippen MR) is 75.2 cm³/mol. The standard InChI is InChI=1S/C12H15F3N4O3S/c1-2-3-8-17-18-10(23-8)16-11(22)19-4-6(9(20)21)7(5-19)12(13,14)15/h6-7H,2-5H2,1H3,(H,20,21)(H,16,18,22)/t6-,7-/m1/s1. The maximum Gasteiger partial charge on any atom is 0.394 e. The molecule has 1 aromatic heterocycles. The molecule has 1 saturated heterocycles. The number of anilines is 1. The number of carboxylic acid groups (broad SMARTS) is 1. The van der Waals surface area contributed by atoms with Gasteiger partial charge in [-0.25, -0.2) is 4.79 Å². The van der Waals surface area contributed by atoms with E-state index in [0.717, 1.165) is 22.7 Å². The molecule has 1 fully saturated rings. The number of urea groups is 1. The topological polar surface area (TPSA) is 95.4 Å². The Balaban J connectivity index is 2.03. The van der Waals surface area contributed by atoms with Gasteiger partial charge in [-0.2, -0.15) is 13.2 Å². The van der Waals surface area contributed by atoms with Gasteiger partial charge >= 0.3 is 18.2 Å². The quantitative estimate of drug-likeness (QED) is 0.866. The summed E-state index contributed by atoms with van der Waals surface area (Å²) in [7, 11) is 0. The molecule has 1 aromatic rings. The minimum atomic E-state index is -4.67. The van der Waals surface area contributed by atoms with Gasteiger partial charge in [-0.1, -0.05) is 18.3 Å². The van der Waals surface area contributed by atoms with Crippen LogP contribution in [0.15, 0.2) is 0 Å². The van der Waals surface area contributed by atoms with Crippen molar-refractivity contribution in [2.45, 2.75) is 25.9 Å². The smallest absolute Gasteiger partial charge is 0.394 e. The molecular formula is C12H15F3N4O3S. The van der Waals surface area contributed by atoms with Crippen molar-refractivity contribution in [3.63, 3.8) is 0 Å². The molecule has 0 bridgehead atoms. The normalized spacial score (nSPS) is 21.5. The van der Waals surface area contributed by atoms with Gasteiger partial charge in [-0.3, -0.25) is 10.1 Å². The van der Waals surface area contributed by atoms with Gasteiger partial charge in [0.05, 0.1) is 11.8 Å². The van der Waals surface area contributed by atoms with Crippen LogP contribution >= 0.6 is 11.3 Å². The number of nitrogens with one attached hydrogen (secondary N) is 1. The lowest BCUT2D eigenvalue weighted by molar-refractivity contribution is -0.187. The minimum Gasteiger partial charge on any atom is -0.481 e. The maximum absolute atomic E-state index is 12.9. The number of aromatic nitrogens is 2. The third-order valence-corrected chi connectivity index (χ3v) is 4.39. The zero-order valence-corrected chi connectivity index (χ0v) is 12.9. The van der Waals surface area contributed by atoms with Crippen molar-refractivity contribution in [2.75, 3.05) is 18.4 Å². The van der Waals surface area contributed by atoms with Crippen molar-refractivity contribution >= 4 is 28.5 Å². The van der Waals surface area contributed by atoms with E-state index in [2.05, 4.69) is 15.5 Å². The molecule has 7 nitrogen and oxygen atoms in total. The van der Waals surface area contributed by atoms with Crippen LogP contribution in [-0.4, -0.2) is 51.5 Å². The van der Waals surface area contributed by atoms with Crippen LogP contribution in [0.25, 0.3) is 0 Å². The predicted octanol–water partition coefficient (Wildman–Crippen LogP) is 2.22. The summed E-state index contributed by atoms with van der Waals surface area (Å²) in [5, 5.41) is 19.8. The molecule has 2 atom stereocenters. The molecule has 0 radical (unpaired) electrons. The fraction of sp³-hybridized carbons (Fsp3) is 0.667. The van der Waals surface area contributed by atoms with Crippen molar-refractivity contribution in [3.05, 3.63) is 5.01 Å². The molecule has 11 heteroatoms. The Kier molecular flexibility index (Phi) is 5.07. The largest absolute Gasteiger partial charge is 0.481 e. The highest BCUT2D eigenvalue weighted by Crippen LogP contribution is 2.37. The molecule has 2 heterocycles. The summed E-state index contributed by atoms with van der Waals surface area (Å²) in [6.07, 6.45) is -3.13. The number of alkyl halides is 3. The second-order valence-electron chi connectivity index (χ2n) is 5.18. The van der Waals surface area contributed by atoms with Gasteiger partial charge in [0.15, 0.2) is 0 Å². The Morgan fingerprint density at radius 1 is 1.39 bits per heavy atom. The summed E-state index contributed by atoms with van der Waals surface area (Å²) in [6.45, 7) is 0.770. The van der Waals surface area contributed by atoms with E-state index in [1.54, 1.807) is 0 Å². The zero-order chi connectivity index (χ0) is 17.2. The average molecular weight is 352 g/mol. The van der Waals surface area contributed by atoms with Crippen LogP contribution in [0.2, 0.25) is 0 Å². The second kappa shape index (κ2) is 6.69. The van der Waals surface area contributed by atoms with Gasteiger partial charge in [0.1, 0.15) is 5.01 Å². The third-order valence-electron chi connectivity index (χ3n) is 3.49. The number of hydrogen-bond donors (Lipinski definition) is 2. The third kappa shape index (κ3) is 4.09. The lowest BCUT2D eigenvalue weighted by Crippen LogP contribution is -2.35. The van der Waals surface area contributed by atoms with Gasteiger partial charge < -0.3 is 10.0 Å². The fourth-order valence-corrected chi connectivity index (χ4v) is 3.17. The van der Waals surface area contributed by atoms with Gasteiger partial charge in [-0.05, 0) is 6.42 Å². The Bertz CT molecular complexity index is 592. The molecule has 2 N–H and O–H groups in total. The highest BCUT2D eigenvalue weighted by molar-refractivity contribution is 7.15. The Morgan fingerprint density at radius 3 is 2.61 bits per heavy atom. The van der Waals surface area contributed by atoms with Crippen LogP contribution in [0.4, 0.5) is 23.1 Å². The summed E-state index contributed by atoms with van der Waals surface area (Å²) in [4.78, 5) is 23.8. The Labute approximate surface area is 133 Å². The number of hydrogen-bond acceptors (Lipinski definition) is 5. The number of amides is 2. The van der Waals surface area contributed by atoms with Gasteiger partial charge in [0.25, 0.3) is 0 Å². The van der Waals surface area contributed by atoms with E-state index in [0.29, 0.717) is 11.4 Å². The lowest BCUT2D eigenvalue weighted by Gasteiger charge is -2.18. The number of aryl methyl sites for hydroxylation is 1. The van der Waals surface area contributed by atoms with E-state index in [9.17, 15) is 22.8 Å². The number of carbonyl (C=O) groups is 2. The number of aliphatic carboxylic acids is 1. The molecule has 23 heavy (non-hydrogen) atoms. The summed E-state index contributed by atoms with van der Waals surface area (Å²) < 4.78 is 38.6. The molecule has 2 amide bonds. The molecule has 0 aliphatic carbocycles. The number of halogens is 3. The molecule has 0 unspecified atom stereocenters. The minimum absolute atomic E-state index is 0.181. The first kappa shape index (κ1) is 17.4. The molecule has 2 rings (SSSR count). The van der Waals surface area contributed by atoms with E-state index in [1.165, 1.54) is 0 Å². The van der Waals surface area contributed by atoms with Crippen molar-refractivity contribution in [1.82, 2.24) is 15.1 Å². The summed E-state index contributed by atoms with van der Waals surface area (Å²) in [5.74, 6) is -5.30. The number of rotatable bonds is 4. The zero-order valence-electron chi connectivity index (χ0n) is 12.1. The summed E-state index contributed by atoms with van der Waals surface area (Å²) >= 11 is 1.14. The van der Waals surface area contributed by atoms with Crippen LogP contribution in [-0.2, 0) is 11.2 Å². The van der Waals surface area contributed by atoms with Gasteiger partial charge in [0, 0.05) is 19.5 Å². The van der Waals surface area contributed by atoms with E-state index < -0.39 is 43.1 Å². The first-order valence-electron chi connectivity index (χ1n) is 6.90. The number of nitrogens with zero attached hydrogens (tertiary/aromatic N) is 3. The van der Waals surface area contributed by atoms with Gasteiger partial charge in [-0.15, -0.1) is 10.2 Å². The number of carbonyl (C=O) groups excluding carboxylic acids is 1. The Morgan fingerprint density at radius 2 is 2.09 bits per heavy atom.